The molecule has 0 amide bonds. The first kappa shape index (κ1) is 14.3. The maximum Gasteiger partial charge on any atom is 0.0715 e. The highest BCUT2D eigenvalue weighted by atomic mass is 15.2. The molecular weight excluding hydrogens is 256 g/mol. The number of benzene rings is 2. The Bertz CT molecular complexity index is 602. The summed E-state index contributed by atoms with van der Waals surface area (Å²) in [4.78, 5) is 0. The van der Waals surface area contributed by atoms with Crippen molar-refractivity contribution in [3.63, 3.8) is 0 Å². The Kier molecular flexibility index (Phi) is 4.37. The third-order valence-electron chi connectivity index (χ3n) is 4.77. The van der Waals surface area contributed by atoms with Crippen molar-refractivity contribution in [2.75, 3.05) is 0 Å². The third-order valence-corrected chi connectivity index (χ3v) is 4.77. The first-order chi connectivity index (χ1) is 10.3. The molecule has 2 heteroatoms. The quantitative estimate of drug-likeness (QED) is 0.640. The molecule has 110 valence electrons. The smallest absolute Gasteiger partial charge is 0.0715 e. The Balaban J connectivity index is 2.04. The van der Waals surface area contributed by atoms with Crippen molar-refractivity contribution in [2.24, 2.45) is 5.84 Å². The van der Waals surface area contributed by atoms with Crippen molar-refractivity contribution in [2.45, 2.75) is 44.6 Å². The number of hydrogen-bond acceptors (Lipinski definition) is 2. The van der Waals surface area contributed by atoms with E-state index in [0.717, 1.165) is 6.42 Å². The molecule has 0 radical (unpaired) electrons. The Morgan fingerprint density at radius 1 is 1.05 bits per heavy atom. The lowest BCUT2D eigenvalue weighted by atomic mass is 9.76. The van der Waals surface area contributed by atoms with Gasteiger partial charge in [-0.25, -0.2) is 5.43 Å². The van der Waals surface area contributed by atoms with E-state index in [-0.39, 0.29) is 6.04 Å². The Morgan fingerprint density at radius 3 is 2.33 bits per heavy atom. The molecule has 1 atom stereocenters. The fourth-order valence-electron chi connectivity index (χ4n) is 3.35. The molecule has 1 unspecified atom stereocenters. The highest BCUT2D eigenvalue weighted by Gasteiger charge is 2.25. The van der Waals surface area contributed by atoms with Gasteiger partial charge in [0.05, 0.1) is 6.04 Å². The van der Waals surface area contributed by atoms with Crippen LogP contribution in [-0.2, 0) is 6.42 Å². The van der Waals surface area contributed by atoms with E-state index in [0.29, 0.717) is 5.92 Å². The minimum absolute atomic E-state index is 0.0814. The summed E-state index contributed by atoms with van der Waals surface area (Å²) >= 11 is 0. The van der Waals surface area contributed by atoms with Crippen LogP contribution in [0.4, 0.5) is 0 Å². The molecule has 1 saturated carbocycles. The van der Waals surface area contributed by atoms with Gasteiger partial charge in [0.1, 0.15) is 0 Å². The Morgan fingerprint density at radius 2 is 1.71 bits per heavy atom. The lowest BCUT2D eigenvalue weighted by Crippen LogP contribution is -2.31. The van der Waals surface area contributed by atoms with Crippen LogP contribution in [0, 0.1) is 0 Å². The van der Waals surface area contributed by atoms with Crippen LogP contribution in [0.2, 0.25) is 0 Å². The van der Waals surface area contributed by atoms with E-state index >= 15 is 0 Å². The summed E-state index contributed by atoms with van der Waals surface area (Å²) in [5.74, 6) is 6.65. The van der Waals surface area contributed by atoms with Gasteiger partial charge in [0.15, 0.2) is 0 Å². The standard InChI is InChI=1S/C19H24N2/c1-2-14-8-3-4-12-17(14)19(21-20)18-13-6-5-11-16(18)15-9-7-10-15/h3-6,8,11-13,15,19,21H,2,7,9-10,20H2,1H3. The summed E-state index contributed by atoms with van der Waals surface area (Å²) < 4.78 is 0. The molecule has 1 fully saturated rings. The molecule has 0 aliphatic heterocycles. The van der Waals surface area contributed by atoms with Crippen molar-refractivity contribution in [1.29, 1.82) is 0 Å². The van der Waals surface area contributed by atoms with E-state index in [9.17, 15) is 0 Å². The molecule has 0 saturated heterocycles. The largest absolute Gasteiger partial charge is 0.271 e. The molecule has 2 aromatic carbocycles. The summed E-state index contributed by atoms with van der Waals surface area (Å²) in [6.45, 7) is 2.20. The second-order valence-corrected chi connectivity index (χ2v) is 5.91. The number of aryl methyl sites for hydroxylation is 1. The number of hydrazine groups is 1. The van der Waals surface area contributed by atoms with E-state index < -0.39 is 0 Å². The van der Waals surface area contributed by atoms with Gasteiger partial charge in [-0.2, -0.15) is 0 Å². The second-order valence-electron chi connectivity index (χ2n) is 5.91. The molecule has 2 nitrogen and oxygen atoms in total. The van der Waals surface area contributed by atoms with Gasteiger partial charge in [0.2, 0.25) is 0 Å². The zero-order valence-corrected chi connectivity index (χ0v) is 12.7. The molecule has 3 N–H and O–H groups in total. The summed E-state index contributed by atoms with van der Waals surface area (Å²) in [6, 6.07) is 17.5. The molecule has 0 heterocycles. The van der Waals surface area contributed by atoms with Crippen molar-refractivity contribution < 1.29 is 0 Å². The van der Waals surface area contributed by atoms with Gasteiger partial charge in [-0.1, -0.05) is 61.9 Å². The predicted octanol–water partition coefficient (Wildman–Crippen LogP) is 4.07. The first-order valence-corrected chi connectivity index (χ1v) is 7.98. The van der Waals surface area contributed by atoms with Crippen LogP contribution in [0.1, 0.15) is 60.4 Å². The summed E-state index contributed by atoms with van der Waals surface area (Å²) in [5, 5.41) is 0. The summed E-state index contributed by atoms with van der Waals surface area (Å²) in [7, 11) is 0. The molecule has 2 aromatic rings. The van der Waals surface area contributed by atoms with E-state index in [1.807, 2.05) is 0 Å². The minimum atomic E-state index is 0.0814. The van der Waals surface area contributed by atoms with Crippen LogP contribution in [0.25, 0.3) is 0 Å². The lowest BCUT2D eigenvalue weighted by Gasteiger charge is -2.31. The molecule has 3 rings (SSSR count). The van der Waals surface area contributed by atoms with Crippen LogP contribution >= 0.6 is 0 Å². The van der Waals surface area contributed by atoms with E-state index in [1.165, 1.54) is 41.5 Å². The number of rotatable bonds is 5. The van der Waals surface area contributed by atoms with Crippen molar-refractivity contribution in [1.82, 2.24) is 5.43 Å². The van der Waals surface area contributed by atoms with Crippen molar-refractivity contribution in [3.8, 4) is 0 Å². The van der Waals surface area contributed by atoms with Gasteiger partial charge in [-0.15, -0.1) is 0 Å². The van der Waals surface area contributed by atoms with Crippen molar-refractivity contribution in [3.05, 3.63) is 70.8 Å². The van der Waals surface area contributed by atoms with Gasteiger partial charge in [0.25, 0.3) is 0 Å². The van der Waals surface area contributed by atoms with Gasteiger partial charge >= 0.3 is 0 Å². The maximum atomic E-state index is 5.94. The normalized spacial score (nSPS) is 16.5. The lowest BCUT2D eigenvalue weighted by molar-refractivity contribution is 0.414. The SMILES string of the molecule is CCc1ccccc1C(NN)c1ccccc1C1CCC1. The monoisotopic (exact) mass is 280 g/mol. The molecule has 1 aliphatic carbocycles. The van der Waals surface area contributed by atoms with Crippen LogP contribution < -0.4 is 11.3 Å². The Hall–Kier alpha value is -1.64. The predicted molar refractivity (Wildman–Crippen MR) is 88.0 cm³/mol. The summed E-state index contributed by atoms with van der Waals surface area (Å²) in [6.07, 6.45) is 5.00. The number of nitrogens with two attached hydrogens (primary N) is 1. The fourth-order valence-corrected chi connectivity index (χ4v) is 3.35. The van der Waals surface area contributed by atoms with Gasteiger partial charge < -0.3 is 0 Å². The first-order valence-electron chi connectivity index (χ1n) is 7.98. The highest BCUT2D eigenvalue weighted by Crippen LogP contribution is 2.40. The minimum Gasteiger partial charge on any atom is -0.271 e. The van der Waals surface area contributed by atoms with Crippen molar-refractivity contribution >= 4 is 0 Å². The molecule has 0 aromatic heterocycles. The molecule has 0 bridgehead atoms. The van der Waals surface area contributed by atoms with Crippen LogP contribution in [-0.4, -0.2) is 0 Å². The van der Waals surface area contributed by atoms with E-state index in [1.54, 1.807) is 0 Å². The molecule has 1 aliphatic rings. The average Bonchev–Trinajstić information content (AvgIpc) is 2.48. The maximum absolute atomic E-state index is 5.94. The van der Waals surface area contributed by atoms with Crippen LogP contribution in [0.3, 0.4) is 0 Å². The highest BCUT2D eigenvalue weighted by molar-refractivity contribution is 5.42. The number of nitrogens with one attached hydrogen (secondary N) is 1. The van der Waals surface area contributed by atoms with Crippen LogP contribution in [0.5, 0.6) is 0 Å². The molecule has 0 spiro atoms. The fraction of sp³-hybridized carbons (Fsp3) is 0.368. The van der Waals surface area contributed by atoms with Gasteiger partial charge in [0, 0.05) is 0 Å². The average molecular weight is 280 g/mol. The van der Waals surface area contributed by atoms with E-state index in [2.05, 4.69) is 60.9 Å². The van der Waals surface area contributed by atoms with Gasteiger partial charge in [-0.05, 0) is 47.4 Å². The van der Waals surface area contributed by atoms with E-state index in [4.69, 9.17) is 5.84 Å². The van der Waals surface area contributed by atoms with Crippen LogP contribution in [0.15, 0.2) is 48.5 Å². The zero-order valence-electron chi connectivity index (χ0n) is 12.7. The second kappa shape index (κ2) is 6.42. The summed E-state index contributed by atoms with van der Waals surface area (Å²) in [5.41, 5.74) is 8.53. The molecule has 21 heavy (non-hydrogen) atoms. The Labute approximate surface area is 127 Å². The molecular formula is C19H24N2. The number of hydrogen-bond donors (Lipinski definition) is 2. The zero-order chi connectivity index (χ0) is 14.7. The topological polar surface area (TPSA) is 38.0 Å². The van der Waals surface area contributed by atoms with Gasteiger partial charge in [-0.3, -0.25) is 5.84 Å². The third kappa shape index (κ3) is 2.74.